The van der Waals surface area contributed by atoms with Gasteiger partial charge in [-0.2, -0.15) is 24.9 Å². The second kappa shape index (κ2) is 11.2. The van der Waals surface area contributed by atoms with Gasteiger partial charge >= 0.3 is 6.18 Å². The van der Waals surface area contributed by atoms with Gasteiger partial charge in [0, 0.05) is 30.5 Å². The number of guanidine groups is 1. The summed E-state index contributed by atoms with van der Waals surface area (Å²) in [6.45, 7) is 4.81. The van der Waals surface area contributed by atoms with Crippen LogP contribution in [-0.2, 0) is 4.74 Å². The van der Waals surface area contributed by atoms with Crippen LogP contribution < -0.4 is 10.6 Å². The summed E-state index contributed by atoms with van der Waals surface area (Å²) in [5.41, 5.74) is 0. The van der Waals surface area contributed by atoms with Crippen molar-refractivity contribution in [3.8, 4) is 0 Å². The molecule has 4 nitrogen and oxygen atoms in total. The van der Waals surface area contributed by atoms with E-state index in [4.69, 9.17) is 9.73 Å². The Balaban J connectivity index is 0.00000338. The Morgan fingerprint density at radius 2 is 1.96 bits per heavy atom. The third kappa shape index (κ3) is 7.26. The Bertz CT molecular complexity index is 445. The van der Waals surface area contributed by atoms with Gasteiger partial charge in [0.1, 0.15) is 0 Å². The maximum absolute atomic E-state index is 13.0. The van der Waals surface area contributed by atoms with Crippen LogP contribution >= 0.6 is 35.7 Å². The van der Waals surface area contributed by atoms with Gasteiger partial charge in [0.15, 0.2) is 5.96 Å². The van der Waals surface area contributed by atoms with E-state index in [-0.39, 0.29) is 47.6 Å². The van der Waals surface area contributed by atoms with E-state index in [2.05, 4.69) is 16.9 Å². The molecule has 2 unspecified atom stereocenters. The lowest BCUT2D eigenvalue weighted by molar-refractivity contribution is -0.183. The minimum atomic E-state index is -4.10. The van der Waals surface area contributed by atoms with E-state index < -0.39 is 12.1 Å². The number of halogens is 4. The first kappa shape index (κ1) is 24.1. The summed E-state index contributed by atoms with van der Waals surface area (Å²) in [5, 5.41) is 6.42. The fourth-order valence-electron chi connectivity index (χ4n) is 3.52. The maximum Gasteiger partial charge on any atom is 0.391 e. The lowest BCUT2D eigenvalue weighted by Crippen LogP contribution is -2.47. The molecule has 1 saturated carbocycles. The van der Waals surface area contributed by atoms with E-state index in [1.807, 2.05) is 18.7 Å². The number of nitrogens with one attached hydrogen (secondary N) is 2. The highest BCUT2D eigenvalue weighted by Crippen LogP contribution is 2.37. The van der Waals surface area contributed by atoms with Gasteiger partial charge in [-0.1, -0.05) is 6.42 Å². The smallest absolute Gasteiger partial charge is 0.381 e. The van der Waals surface area contributed by atoms with Crippen molar-refractivity contribution in [3.63, 3.8) is 0 Å². The van der Waals surface area contributed by atoms with Crippen molar-refractivity contribution in [2.75, 3.05) is 32.6 Å². The zero-order chi connectivity index (χ0) is 18.3. The van der Waals surface area contributed by atoms with Crippen molar-refractivity contribution in [1.29, 1.82) is 0 Å². The topological polar surface area (TPSA) is 45.7 Å². The molecule has 0 amide bonds. The van der Waals surface area contributed by atoms with E-state index in [0.717, 1.165) is 32.5 Å². The number of aliphatic imine (C=N–C) groups is 1. The van der Waals surface area contributed by atoms with E-state index in [9.17, 15) is 13.2 Å². The van der Waals surface area contributed by atoms with Gasteiger partial charge in [0.05, 0.1) is 12.5 Å². The molecule has 2 aliphatic rings. The highest BCUT2D eigenvalue weighted by Gasteiger charge is 2.42. The van der Waals surface area contributed by atoms with Crippen LogP contribution in [0.5, 0.6) is 0 Å². The van der Waals surface area contributed by atoms with Crippen LogP contribution in [0.1, 0.15) is 45.4 Å². The predicted molar refractivity (Wildman–Crippen MR) is 113 cm³/mol. The van der Waals surface area contributed by atoms with Gasteiger partial charge in [0.2, 0.25) is 0 Å². The number of hydrogen-bond acceptors (Lipinski definition) is 3. The number of thioether (sulfide) groups is 1. The summed E-state index contributed by atoms with van der Waals surface area (Å²) < 4.78 is 44.5. The molecule has 1 aliphatic carbocycles. The molecule has 0 radical (unpaired) electrons. The third-order valence-corrected chi connectivity index (χ3v) is 6.59. The first-order chi connectivity index (χ1) is 11.9. The summed E-state index contributed by atoms with van der Waals surface area (Å²) in [6.07, 6.45) is 1.65. The highest BCUT2D eigenvalue weighted by molar-refractivity contribution is 14.0. The molecule has 0 aromatic heterocycles. The lowest BCUT2D eigenvalue weighted by Gasteiger charge is -2.35. The largest absolute Gasteiger partial charge is 0.391 e. The lowest BCUT2D eigenvalue weighted by atomic mass is 9.85. The zero-order valence-electron chi connectivity index (χ0n) is 15.5. The van der Waals surface area contributed by atoms with Gasteiger partial charge in [-0.05, 0) is 45.3 Å². The predicted octanol–water partition coefficient (Wildman–Crippen LogP) is 4.19. The molecule has 0 spiro atoms. The standard InChI is InChI=1S/C17H30F3N3OS.HI/c1-3-21-15(22-12-16(25-2)7-9-24-10-8-16)23-14-6-4-5-13(11-14)17(18,19)20;/h13-14H,3-12H2,1-2H3,(H2,21,22,23);1H. The molecule has 0 bridgehead atoms. The molecule has 26 heavy (non-hydrogen) atoms. The van der Waals surface area contributed by atoms with Crippen molar-refractivity contribution in [2.24, 2.45) is 10.9 Å². The minimum absolute atomic E-state index is 0. The van der Waals surface area contributed by atoms with Crippen LogP contribution in [0.3, 0.4) is 0 Å². The van der Waals surface area contributed by atoms with Crippen molar-refractivity contribution < 1.29 is 17.9 Å². The Morgan fingerprint density at radius 1 is 1.27 bits per heavy atom. The molecule has 1 aliphatic heterocycles. The molecule has 0 aromatic carbocycles. The number of nitrogens with zero attached hydrogens (tertiary/aromatic N) is 1. The van der Waals surface area contributed by atoms with Crippen molar-refractivity contribution in [2.45, 2.75) is 62.4 Å². The third-order valence-electron chi connectivity index (χ3n) is 5.18. The summed E-state index contributed by atoms with van der Waals surface area (Å²) in [5.74, 6) is -0.565. The first-order valence-corrected chi connectivity index (χ1v) is 10.4. The second-order valence-electron chi connectivity index (χ2n) is 6.94. The zero-order valence-corrected chi connectivity index (χ0v) is 18.7. The number of rotatable bonds is 5. The van der Waals surface area contributed by atoms with Crippen LogP contribution in [0.25, 0.3) is 0 Å². The Morgan fingerprint density at radius 3 is 2.54 bits per heavy atom. The summed E-state index contributed by atoms with van der Waals surface area (Å²) in [7, 11) is 0. The van der Waals surface area contributed by atoms with E-state index in [1.165, 1.54) is 0 Å². The first-order valence-electron chi connectivity index (χ1n) is 9.13. The monoisotopic (exact) mass is 509 g/mol. The highest BCUT2D eigenvalue weighted by atomic mass is 127. The van der Waals surface area contributed by atoms with E-state index in [1.54, 1.807) is 0 Å². The number of hydrogen-bond donors (Lipinski definition) is 2. The van der Waals surface area contributed by atoms with Crippen LogP contribution in [0.2, 0.25) is 0 Å². The average Bonchev–Trinajstić information content (AvgIpc) is 2.60. The van der Waals surface area contributed by atoms with Crippen LogP contribution in [0.15, 0.2) is 4.99 Å². The molecule has 9 heteroatoms. The van der Waals surface area contributed by atoms with Crippen molar-refractivity contribution >= 4 is 41.7 Å². The molecule has 1 saturated heterocycles. The second-order valence-corrected chi connectivity index (χ2v) is 8.22. The van der Waals surface area contributed by atoms with Crippen molar-refractivity contribution in [3.05, 3.63) is 0 Å². The molecule has 2 N–H and O–H groups in total. The summed E-state index contributed by atoms with van der Waals surface area (Å²) >= 11 is 1.81. The normalized spacial score (nSPS) is 26.7. The molecule has 154 valence electrons. The summed E-state index contributed by atoms with van der Waals surface area (Å²) in [6, 6.07) is -0.168. The van der Waals surface area contributed by atoms with Gasteiger partial charge in [-0.3, -0.25) is 4.99 Å². The Kier molecular flexibility index (Phi) is 10.4. The molecular weight excluding hydrogens is 478 g/mol. The molecule has 2 rings (SSSR count). The summed E-state index contributed by atoms with van der Waals surface area (Å²) in [4.78, 5) is 4.70. The molecular formula is C17H31F3IN3OS. The molecule has 2 atom stereocenters. The SMILES string of the molecule is CCNC(=NCC1(SC)CCOCC1)NC1CCCC(C(F)(F)F)C1.I. The van der Waals surface area contributed by atoms with E-state index >= 15 is 0 Å². The number of ether oxygens (including phenoxy) is 1. The minimum Gasteiger partial charge on any atom is -0.381 e. The van der Waals surface area contributed by atoms with E-state index in [0.29, 0.717) is 25.5 Å². The fraction of sp³-hybridized carbons (Fsp3) is 0.941. The quantitative estimate of drug-likeness (QED) is 0.332. The number of alkyl halides is 3. The van der Waals surface area contributed by atoms with Crippen LogP contribution in [0.4, 0.5) is 13.2 Å². The Hall–Kier alpha value is 0.1000. The maximum atomic E-state index is 13.0. The molecule has 1 heterocycles. The fourth-order valence-corrected chi connectivity index (χ4v) is 4.29. The van der Waals surface area contributed by atoms with Gasteiger partial charge in [-0.25, -0.2) is 0 Å². The van der Waals surface area contributed by atoms with Crippen LogP contribution in [0, 0.1) is 5.92 Å². The Labute approximate surface area is 175 Å². The average molecular weight is 509 g/mol. The van der Waals surface area contributed by atoms with Crippen LogP contribution in [-0.4, -0.2) is 55.5 Å². The van der Waals surface area contributed by atoms with Gasteiger partial charge in [0.25, 0.3) is 0 Å². The molecule has 0 aromatic rings. The molecule has 2 fully saturated rings. The van der Waals surface area contributed by atoms with Crippen molar-refractivity contribution in [1.82, 2.24) is 10.6 Å². The van der Waals surface area contributed by atoms with Gasteiger partial charge < -0.3 is 15.4 Å². The van der Waals surface area contributed by atoms with Gasteiger partial charge in [-0.15, -0.1) is 24.0 Å².